The zero-order valence-electron chi connectivity index (χ0n) is 16.5. The van der Waals surface area contributed by atoms with Crippen LogP contribution >= 0.6 is 0 Å². The van der Waals surface area contributed by atoms with E-state index in [1.807, 2.05) is 23.8 Å². The van der Waals surface area contributed by atoms with Gasteiger partial charge in [-0.25, -0.2) is 4.98 Å². The van der Waals surface area contributed by atoms with E-state index in [1.165, 1.54) is 0 Å². The Kier molecular flexibility index (Phi) is 4.87. The normalized spacial score (nSPS) is 22.7. The first kappa shape index (κ1) is 18.6. The van der Waals surface area contributed by atoms with Gasteiger partial charge in [-0.2, -0.15) is 0 Å². The number of likely N-dealkylation sites (tertiary alicyclic amines) is 2. The molecule has 2 amide bonds. The number of carbonyl (C=O) groups excluding carboxylic acids is 2. The number of rotatable bonds is 3. The molecule has 4 rings (SSSR count). The van der Waals surface area contributed by atoms with Crippen molar-refractivity contribution in [1.29, 1.82) is 0 Å². The molecule has 2 aliphatic rings. The van der Waals surface area contributed by atoms with E-state index in [0.29, 0.717) is 31.9 Å². The van der Waals surface area contributed by atoms with E-state index >= 15 is 0 Å². The maximum atomic E-state index is 12.9. The molecular weight excluding hydrogens is 356 g/mol. The number of hydrogen-bond acceptors (Lipinski definition) is 5. The molecule has 2 fully saturated rings. The first-order valence-electron chi connectivity index (χ1n) is 9.78. The lowest BCUT2D eigenvalue weighted by Gasteiger charge is -2.48. The summed E-state index contributed by atoms with van der Waals surface area (Å²) in [7, 11) is 1.84. The van der Waals surface area contributed by atoms with Gasteiger partial charge < -0.3 is 14.4 Å². The Morgan fingerprint density at radius 1 is 1.18 bits per heavy atom. The number of nitrogens with zero attached hydrogens (tertiary/aromatic N) is 6. The molecule has 2 aromatic rings. The van der Waals surface area contributed by atoms with Crippen molar-refractivity contribution in [3.8, 4) is 0 Å². The van der Waals surface area contributed by atoms with Crippen LogP contribution in [-0.2, 0) is 18.4 Å². The number of aryl methyl sites for hydroxylation is 2. The fraction of sp³-hybridized carbons (Fsp3) is 0.550. The van der Waals surface area contributed by atoms with Gasteiger partial charge in [0, 0.05) is 57.1 Å². The third-order valence-corrected chi connectivity index (χ3v) is 5.90. The van der Waals surface area contributed by atoms with E-state index in [1.54, 1.807) is 29.4 Å². The number of hydrogen-bond donors (Lipinski definition) is 0. The third-order valence-electron chi connectivity index (χ3n) is 5.90. The lowest BCUT2D eigenvalue weighted by Crippen LogP contribution is -2.55. The van der Waals surface area contributed by atoms with Crippen molar-refractivity contribution in [2.24, 2.45) is 12.5 Å². The van der Waals surface area contributed by atoms with Crippen LogP contribution in [0.15, 0.2) is 24.8 Å². The van der Waals surface area contributed by atoms with Gasteiger partial charge in [-0.05, 0) is 26.2 Å². The summed E-state index contributed by atoms with van der Waals surface area (Å²) in [4.78, 5) is 42.1. The topological polar surface area (TPSA) is 84.2 Å². The van der Waals surface area contributed by atoms with Gasteiger partial charge in [-0.3, -0.25) is 19.6 Å². The molecule has 28 heavy (non-hydrogen) atoms. The SMILES string of the molecule is Cc1cnc(CN2C[C@]3(CCCN(C(=O)c4nccn4C)C3)CCC2=O)cn1. The molecule has 8 nitrogen and oxygen atoms in total. The maximum Gasteiger partial charge on any atom is 0.289 e. The molecule has 0 radical (unpaired) electrons. The van der Waals surface area contributed by atoms with Crippen molar-refractivity contribution in [3.05, 3.63) is 42.0 Å². The number of imidazole rings is 1. The van der Waals surface area contributed by atoms with Crippen molar-refractivity contribution < 1.29 is 9.59 Å². The van der Waals surface area contributed by atoms with Crippen molar-refractivity contribution in [1.82, 2.24) is 29.3 Å². The third kappa shape index (κ3) is 3.63. The summed E-state index contributed by atoms with van der Waals surface area (Å²) < 4.78 is 1.76. The van der Waals surface area contributed by atoms with Crippen molar-refractivity contribution >= 4 is 11.8 Å². The number of aromatic nitrogens is 4. The first-order valence-corrected chi connectivity index (χ1v) is 9.78. The predicted octanol–water partition coefficient (Wildman–Crippen LogP) is 1.56. The van der Waals surface area contributed by atoms with Crippen LogP contribution in [0.1, 0.15) is 47.7 Å². The van der Waals surface area contributed by atoms with Crippen molar-refractivity contribution in [2.45, 2.75) is 39.2 Å². The molecule has 2 aliphatic heterocycles. The van der Waals surface area contributed by atoms with Crippen LogP contribution in [0.4, 0.5) is 0 Å². The number of piperidine rings is 2. The molecule has 8 heteroatoms. The molecule has 0 N–H and O–H groups in total. The molecule has 1 atom stereocenters. The first-order chi connectivity index (χ1) is 13.5. The molecule has 0 aliphatic carbocycles. The van der Waals surface area contributed by atoms with Gasteiger partial charge in [0.1, 0.15) is 0 Å². The highest BCUT2D eigenvalue weighted by molar-refractivity contribution is 5.91. The Morgan fingerprint density at radius 3 is 2.75 bits per heavy atom. The molecule has 0 saturated carbocycles. The second kappa shape index (κ2) is 7.33. The molecule has 4 heterocycles. The summed E-state index contributed by atoms with van der Waals surface area (Å²) in [5.74, 6) is 0.593. The van der Waals surface area contributed by atoms with Crippen LogP contribution in [-0.4, -0.2) is 60.8 Å². The Bertz CT molecular complexity index is 877. The largest absolute Gasteiger partial charge is 0.336 e. The summed E-state index contributed by atoms with van der Waals surface area (Å²) in [6, 6.07) is 0. The Morgan fingerprint density at radius 2 is 2.04 bits per heavy atom. The lowest BCUT2D eigenvalue weighted by atomic mass is 9.73. The quantitative estimate of drug-likeness (QED) is 0.804. The zero-order chi connectivity index (χ0) is 19.7. The Labute approximate surface area is 164 Å². The molecule has 2 aromatic heterocycles. The van der Waals surface area contributed by atoms with Gasteiger partial charge in [-0.15, -0.1) is 0 Å². The average molecular weight is 382 g/mol. The molecule has 0 bridgehead atoms. The molecule has 1 spiro atoms. The molecule has 2 saturated heterocycles. The number of amides is 2. The van der Waals surface area contributed by atoms with Gasteiger partial charge in [0.25, 0.3) is 5.91 Å². The molecule has 0 unspecified atom stereocenters. The second-order valence-electron chi connectivity index (χ2n) is 8.09. The minimum Gasteiger partial charge on any atom is -0.336 e. The second-order valence-corrected chi connectivity index (χ2v) is 8.09. The number of carbonyl (C=O) groups is 2. The highest BCUT2D eigenvalue weighted by Gasteiger charge is 2.43. The van der Waals surface area contributed by atoms with Gasteiger partial charge in [-0.1, -0.05) is 0 Å². The minimum absolute atomic E-state index is 0.0283. The van der Waals surface area contributed by atoms with Gasteiger partial charge >= 0.3 is 0 Å². The van der Waals surface area contributed by atoms with Crippen LogP contribution in [0.5, 0.6) is 0 Å². The standard InChI is InChI=1S/C20H26N6O2/c1-15-10-23-16(11-22-15)12-26-14-20(6-4-17(26)27)5-3-8-25(13-20)19(28)18-21-7-9-24(18)2/h7,9-11H,3-6,8,12-14H2,1-2H3/t20-/m1/s1. The summed E-state index contributed by atoms with van der Waals surface area (Å²) >= 11 is 0. The van der Waals surface area contributed by atoms with Crippen LogP contribution in [0.25, 0.3) is 0 Å². The highest BCUT2D eigenvalue weighted by atomic mass is 16.2. The fourth-order valence-electron chi connectivity index (χ4n) is 4.37. The monoisotopic (exact) mass is 382 g/mol. The highest BCUT2D eigenvalue weighted by Crippen LogP contribution is 2.39. The molecule has 0 aromatic carbocycles. The average Bonchev–Trinajstić information content (AvgIpc) is 3.12. The summed E-state index contributed by atoms with van der Waals surface area (Å²) in [6.45, 7) is 4.44. The van der Waals surface area contributed by atoms with E-state index in [0.717, 1.165) is 37.2 Å². The zero-order valence-corrected chi connectivity index (χ0v) is 16.5. The minimum atomic E-state index is -0.0505. The maximum absolute atomic E-state index is 12.9. The van der Waals surface area contributed by atoms with Crippen LogP contribution < -0.4 is 0 Å². The van der Waals surface area contributed by atoms with Gasteiger partial charge in [0.2, 0.25) is 5.91 Å². The summed E-state index contributed by atoms with van der Waals surface area (Å²) in [5.41, 5.74) is 1.61. The summed E-state index contributed by atoms with van der Waals surface area (Å²) in [5, 5.41) is 0. The van der Waals surface area contributed by atoms with Crippen LogP contribution in [0, 0.1) is 12.3 Å². The van der Waals surface area contributed by atoms with E-state index < -0.39 is 0 Å². The van der Waals surface area contributed by atoms with Gasteiger partial charge in [0.15, 0.2) is 5.82 Å². The predicted molar refractivity (Wildman–Crippen MR) is 102 cm³/mol. The smallest absolute Gasteiger partial charge is 0.289 e. The van der Waals surface area contributed by atoms with Crippen molar-refractivity contribution in [2.75, 3.05) is 19.6 Å². The van der Waals surface area contributed by atoms with Crippen LogP contribution in [0.2, 0.25) is 0 Å². The van der Waals surface area contributed by atoms with Gasteiger partial charge in [0.05, 0.1) is 24.1 Å². The Hall–Kier alpha value is -2.77. The fourth-order valence-corrected chi connectivity index (χ4v) is 4.37. The van der Waals surface area contributed by atoms with E-state index in [9.17, 15) is 9.59 Å². The molecular formula is C20H26N6O2. The van der Waals surface area contributed by atoms with E-state index in [-0.39, 0.29) is 17.2 Å². The lowest BCUT2D eigenvalue weighted by molar-refractivity contribution is -0.139. The molecule has 148 valence electrons. The van der Waals surface area contributed by atoms with E-state index in [2.05, 4.69) is 15.0 Å². The Balaban J connectivity index is 1.48. The van der Waals surface area contributed by atoms with Crippen LogP contribution in [0.3, 0.4) is 0 Å². The van der Waals surface area contributed by atoms with Crippen molar-refractivity contribution in [3.63, 3.8) is 0 Å². The van der Waals surface area contributed by atoms with E-state index in [4.69, 9.17) is 0 Å². The summed E-state index contributed by atoms with van der Waals surface area (Å²) in [6.07, 6.45) is 10.2.